The van der Waals surface area contributed by atoms with Gasteiger partial charge in [0, 0.05) is 13.7 Å². The molecule has 2 aromatic rings. The van der Waals surface area contributed by atoms with Crippen molar-refractivity contribution in [2.24, 2.45) is 5.92 Å². The van der Waals surface area contributed by atoms with Crippen molar-refractivity contribution < 1.29 is 14.3 Å². The van der Waals surface area contributed by atoms with Crippen molar-refractivity contribution in [2.45, 2.75) is 33.1 Å². The number of ether oxygens (including phenoxy) is 1. The van der Waals surface area contributed by atoms with Gasteiger partial charge in [-0.1, -0.05) is 50.2 Å². The molecule has 2 N–H and O–H groups in total. The highest BCUT2D eigenvalue weighted by Gasteiger charge is 2.18. The molecule has 0 bridgehead atoms. The van der Waals surface area contributed by atoms with E-state index < -0.39 is 0 Å². The molecule has 0 fully saturated rings. The van der Waals surface area contributed by atoms with Gasteiger partial charge in [0.05, 0.1) is 23.8 Å². The molecular weight excluding hydrogens is 352 g/mol. The van der Waals surface area contributed by atoms with Crippen LogP contribution in [-0.4, -0.2) is 32.1 Å². The van der Waals surface area contributed by atoms with Crippen LogP contribution in [0.1, 0.15) is 48.2 Å². The van der Waals surface area contributed by atoms with Crippen molar-refractivity contribution in [3.05, 3.63) is 65.2 Å². The molecule has 5 nitrogen and oxygen atoms in total. The first-order valence-corrected chi connectivity index (χ1v) is 9.68. The summed E-state index contributed by atoms with van der Waals surface area (Å²) >= 11 is 0. The first kappa shape index (κ1) is 21.6. The first-order chi connectivity index (χ1) is 13.4. The van der Waals surface area contributed by atoms with Gasteiger partial charge >= 0.3 is 0 Å². The van der Waals surface area contributed by atoms with E-state index >= 15 is 0 Å². The Morgan fingerprint density at radius 3 is 2.32 bits per heavy atom. The molecule has 1 atom stereocenters. The van der Waals surface area contributed by atoms with Crippen molar-refractivity contribution in [2.75, 3.05) is 25.6 Å². The van der Waals surface area contributed by atoms with Crippen LogP contribution in [0.5, 0.6) is 0 Å². The van der Waals surface area contributed by atoms with Crippen molar-refractivity contribution in [3.63, 3.8) is 0 Å². The third-order valence-electron chi connectivity index (χ3n) is 4.54. The van der Waals surface area contributed by atoms with Crippen LogP contribution in [0.15, 0.2) is 48.5 Å². The zero-order chi connectivity index (χ0) is 20.5. The molecule has 0 aromatic heterocycles. The minimum absolute atomic E-state index is 0.145. The molecule has 5 heteroatoms. The Morgan fingerprint density at radius 1 is 1.00 bits per heavy atom. The minimum Gasteiger partial charge on any atom is -0.383 e. The summed E-state index contributed by atoms with van der Waals surface area (Å²) in [5.41, 5.74) is 3.16. The number of carbonyl (C=O) groups excluding carboxylic acids is 2. The Morgan fingerprint density at radius 2 is 1.68 bits per heavy atom. The topological polar surface area (TPSA) is 67.4 Å². The van der Waals surface area contributed by atoms with Crippen molar-refractivity contribution >= 4 is 17.5 Å². The molecule has 1 unspecified atom stereocenters. The molecule has 0 spiro atoms. The molecule has 0 aliphatic heterocycles. The number of methoxy groups -OCH3 is 1. The van der Waals surface area contributed by atoms with Gasteiger partial charge in [-0.05, 0) is 42.5 Å². The second-order valence-electron chi connectivity index (χ2n) is 7.34. The lowest BCUT2D eigenvalue weighted by atomic mass is 9.96. The molecule has 0 aliphatic rings. The highest BCUT2D eigenvalue weighted by molar-refractivity contribution is 6.05. The van der Waals surface area contributed by atoms with Gasteiger partial charge < -0.3 is 15.4 Å². The zero-order valence-corrected chi connectivity index (χ0v) is 17.1. The van der Waals surface area contributed by atoms with E-state index in [0.717, 1.165) is 12.0 Å². The highest BCUT2D eigenvalue weighted by Crippen LogP contribution is 2.21. The van der Waals surface area contributed by atoms with Crippen LogP contribution in [-0.2, 0) is 16.0 Å². The van der Waals surface area contributed by atoms with Gasteiger partial charge in [-0.15, -0.1) is 0 Å². The van der Waals surface area contributed by atoms with Crippen LogP contribution in [0.4, 0.5) is 5.69 Å². The first-order valence-electron chi connectivity index (χ1n) is 9.68. The summed E-state index contributed by atoms with van der Waals surface area (Å²) < 4.78 is 4.95. The Kier molecular flexibility index (Phi) is 8.20. The minimum atomic E-state index is -0.322. The quantitative estimate of drug-likeness (QED) is 0.644. The molecule has 2 aromatic carbocycles. The fourth-order valence-corrected chi connectivity index (χ4v) is 2.96. The maximum absolute atomic E-state index is 12.7. The van der Waals surface area contributed by atoms with Crippen molar-refractivity contribution in [3.8, 4) is 0 Å². The second kappa shape index (κ2) is 10.6. The normalized spacial score (nSPS) is 11.9. The number of amides is 2. The Labute approximate surface area is 167 Å². The average molecular weight is 383 g/mol. The number of benzene rings is 2. The van der Waals surface area contributed by atoms with Crippen molar-refractivity contribution in [1.82, 2.24) is 5.32 Å². The number of rotatable bonds is 9. The van der Waals surface area contributed by atoms with E-state index in [0.29, 0.717) is 30.3 Å². The van der Waals surface area contributed by atoms with Gasteiger partial charge in [0.15, 0.2) is 0 Å². The lowest BCUT2D eigenvalue weighted by Gasteiger charge is -2.16. The SMILES string of the molecule is COCCNC(=O)c1ccccc1NC(=O)C(C)c1ccc(CC(C)C)cc1. The molecule has 150 valence electrons. The Balaban J connectivity index is 2.06. The van der Waals surface area contributed by atoms with E-state index in [1.54, 1.807) is 31.4 Å². The molecule has 28 heavy (non-hydrogen) atoms. The predicted octanol–water partition coefficient (Wildman–Crippen LogP) is 4.00. The van der Waals surface area contributed by atoms with Crippen LogP contribution in [0.3, 0.4) is 0 Å². The lowest BCUT2D eigenvalue weighted by molar-refractivity contribution is -0.117. The van der Waals surface area contributed by atoms with Crippen LogP contribution < -0.4 is 10.6 Å². The third kappa shape index (κ3) is 6.20. The van der Waals surface area contributed by atoms with Gasteiger partial charge in [0.25, 0.3) is 5.91 Å². The van der Waals surface area contributed by atoms with E-state index in [1.165, 1.54) is 5.56 Å². The molecule has 0 saturated carbocycles. The molecule has 2 amide bonds. The second-order valence-corrected chi connectivity index (χ2v) is 7.34. The summed E-state index contributed by atoms with van der Waals surface area (Å²) in [6.45, 7) is 7.09. The number of nitrogens with one attached hydrogen (secondary N) is 2. The number of hydrogen-bond donors (Lipinski definition) is 2. The largest absolute Gasteiger partial charge is 0.383 e. The Bertz CT molecular complexity index is 785. The lowest BCUT2D eigenvalue weighted by Crippen LogP contribution is -2.28. The summed E-state index contributed by atoms with van der Waals surface area (Å²) in [6, 6.07) is 15.2. The third-order valence-corrected chi connectivity index (χ3v) is 4.54. The number of hydrogen-bond acceptors (Lipinski definition) is 3. The fourth-order valence-electron chi connectivity index (χ4n) is 2.96. The zero-order valence-electron chi connectivity index (χ0n) is 17.1. The van der Waals surface area contributed by atoms with Gasteiger partial charge in [0.2, 0.25) is 5.91 Å². The van der Waals surface area contributed by atoms with Crippen LogP contribution >= 0.6 is 0 Å². The maximum atomic E-state index is 12.7. The molecular formula is C23H30N2O3. The predicted molar refractivity (Wildman–Crippen MR) is 113 cm³/mol. The monoisotopic (exact) mass is 382 g/mol. The van der Waals surface area contributed by atoms with Crippen LogP contribution in [0.2, 0.25) is 0 Å². The van der Waals surface area contributed by atoms with Gasteiger partial charge in [-0.3, -0.25) is 9.59 Å². The smallest absolute Gasteiger partial charge is 0.253 e. The van der Waals surface area contributed by atoms with Gasteiger partial charge in [-0.2, -0.15) is 0 Å². The number of para-hydroxylation sites is 1. The summed E-state index contributed by atoms with van der Waals surface area (Å²) in [4.78, 5) is 25.1. The number of anilines is 1. The number of carbonyl (C=O) groups is 2. The summed E-state index contributed by atoms with van der Waals surface area (Å²) in [5.74, 6) is -0.108. The fraction of sp³-hybridized carbons (Fsp3) is 0.391. The molecule has 2 rings (SSSR count). The molecule has 0 heterocycles. The van der Waals surface area contributed by atoms with E-state index in [4.69, 9.17) is 4.74 Å². The highest BCUT2D eigenvalue weighted by atomic mass is 16.5. The van der Waals surface area contributed by atoms with Gasteiger partial charge in [-0.25, -0.2) is 0 Å². The standard InChI is InChI=1S/C23H30N2O3/c1-16(2)15-18-9-11-19(12-10-18)17(3)22(26)25-21-8-6-5-7-20(21)23(27)24-13-14-28-4/h5-12,16-17H,13-15H2,1-4H3,(H,24,27)(H,25,26). The average Bonchev–Trinajstić information content (AvgIpc) is 2.68. The molecule has 0 radical (unpaired) electrons. The van der Waals surface area contributed by atoms with E-state index in [9.17, 15) is 9.59 Å². The van der Waals surface area contributed by atoms with E-state index in [-0.39, 0.29) is 17.7 Å². The Hall–Kier alpha value is -2.66. The molecule has 0 saturated heterocycles. The maximum Gasteiger partial charge on any atom is 0.253 e. The van der Waals surface area contributed by atoms with E-state index in [2.05, 4.69) is 36.6 Å². The van der Waals surface area contributed by atoms with Gasteiger partial charge in [0.1, 0.15) is 0 Å². The van der Waals surface area contributed by atoms with Crippen LogP contribution in [0.25, 0.3) is 0 Å². The molecule has 0 aliphatic carbocycles. The summed E-state index contributed by atoms with van der Waals surface area (Å²) in [6.07, 6.45) is 1.02. The van der Waals surface area contributed by atoms with Crippen LogP contribution in [0, 0.1) is 5.92 Å². The van der Waals surface area contributed by atoms with Crippen molar-refractivity contribution in [1.29, 1.82) is 0 Å². The van der Waals surface area contributed by atoms with E-state index in [1.807, 2.05) is 19.1 Å². The summed E-state index contributed by atoms with van der Waals surface area (Å²) in [5, 5.41) is 5.68. The summed E-state index contributed by atoms with van der Waals surface area (Å²) in [7, 11) is 1.58.